The van der Waals surface area contributed by atoms with Gasteiger partial charge in [0.15, 0.2) is 0 Å². The number of rotatable bonds is 8. The zero-order valence-corrected chi connectivity index (χ0v) is 23.4. The highest BCUT2D eigenvalue weighted by atomic mass is 32.2. The SMILES string of the molecule is CC(C)C[C@H](NC(=O)c1ccc2c(c1)Nc1ccccc1S2)C(=O)N[C@H]1CCOC1OC(=O)CC(C)(C)C. The summed E-state index contributed by atoms with van der Waals surface area (Å²) < 4.78 is 11.1. The number of fused-ring (bicyclic) bond motifs is 2. The molecule has 0 bridgehead atoms. The molecule has 0 aromatic heterocycles. The largest absolute Gasteiger partial charge is 0.433 e. The van der Waals surface area contributed by atoms with Crippen LogP contribution in [0, 0.1) is 11.3 Å². The van der Waals surface area contributed by atoms with E-state index in [0.29, 0.717) is 25.0 Å². The van der Waals surface area contributed by atoms with E-state index < -0.39 is 18.4 Å². The minimum absolute atomic E-state index is 0.171. The molecule has 4 rings (SSSR count). The molecule has 8 nitrogen and oxygen atoms in total. The lowest BCUT2D eigenvalue weighted by molar-refractivity contribution is -0.175. The Morgan fingerprint density at radius 3 is 2.58 bits per heavy atom. The van der Waals surface area contributed by atoms with Gasteiger partial charge in [0.2, 0.25) is 12.2 Å². The van der Waals surface area contributed by atoms with E-state index in [1.54, 1.807) is 17.8 Å². The summed E-state index contributed by atoms with van der Waals surface area (Å²) in [6.07, 6.45) is 0.402. The van der Waals surface area contributed by atoms with Gasteiger partial charge in [0.05, 0.1) is 30.4 Å². The Balaban J connectivity index is 1.41. The second-order valence-electron chi connectivity index (χ2n) is 11.5. The van der Waals surface area contributed by atoms with Crippen LogP contribution in [0.2, 0.25) is 0 Å². The van der Waals surface area contributed by atoms with Gasteiger partial charge in [-0.1, -0.05) is 58.5 Å². The maximum atomic E-state index is 13.3. The molecule has 0 spiro atoms. The van der Waals surface area contributed by atoms with Crippen LogP contribution >= 0.6 is 11.8 Å². The van der Waals surface area contributed by atoms with Crippen LogP contribution in [0.15, 0.2) is 52.3 Å². The van der Waals surface area contributed by atoms with E-state index in [0.717, 1.165) is 21.2 Å². The third kappa shape index (κ3) is 7.29. The van der Waals surface area contributed by atoms with Crippen LogP contribution in [-0.4, -0.2) is 42.8 Å². The van der Waals surface area contributed by atoms with Gasteiger partial charge in [-0.3, -0.25) is 14.4 Å². The first-order valence-corrected chi connectivity index (χ1v) is 13.9. The molecule has 1 unspecified atom stereocenters. The summed E-state index contributed by atoms with van der Waals surface area (Å²) in [5.74, 6) is -0.836. The predicted molar refractivity (Wildman–Crippen MR) is 147 cm³/mol. The quantitative estimate of drug-likeness (QED) is 0.336. The number of esters is 1. The fourth-order valence-corrected chi connectivity index (χ4v) is 5.40. The molecule has 0 radical (unpaired) electrons. The molecule has 9 heteroatoms. The number of anilines is 2. The van der Waals surface area contributed by atoms with Gasteiger partial charge in [-0.2, -0.15) is 0 Å². The van der Waals surface area contributed by atoms with E-state index in [-0.39, 0.29) is 35.5 Å². The number of ether oxygens (including phenoxy) is 2. The van der Waals surface area contributed by atoms with Crippen LogP contribution in [-0.2, 0) is 19.1 Å². The Hall–Kier alpha value is -3.04. The van der Waals surface area contributed by atoms with E-state index >= 15 is 0 Å². The fraction of sp³-hybridized carbons (Fsp3) is 0.483. The number of amides is 2. The van der Waals surface area contributed by atoms with Crippen molar-refractivity contribution in [2.75, 3.05) is 11.9 Å². The summed E-state index contributed by atoms with van der Waals surface area (Å²) in [4.78, 5) is 41.0. The summed E-state index contributed by atoms with van der Waals surface area (Å²) in [6, 6.07) is 12.3. The molecular weight excluding hydrogens is 502 g/mol. The van der Waals surface area contributed by atoms with Crippen molar-refractivity contribution in [2.45, 2.75) is 82.0 Å². The summed E-state index contributed by atoms with van der Waals surface area (Å²) in [5, 5.41) is 9.26. The highest BCUT2D eigenvalue weighted by Crippen LogP contribution is 2.44. The van der Waals surface area contributed by atoms with Crippen molar-refractivity contribution in [2.24, 2.45) is 11.3 Å². The average molecular weight is 540 g/mol. The van der Waals surface area contributed by atoms with Crippen molar-refractivity contribution >= 4 is 40.9 Å². The second-order valence-corrected chi connectivity index (χ2v) is 12.5. The second kappa shape index (κ2) is 11.8. The van der Waals surface area contributed by atoms with Gasteiger partial charge in [0, 0.05) is 15.4 Å². The van der Waals surface area contributed by atoms with Gasteiger partial charge in [0.1, 0.15) is 6.04 Å². The number of carbonyl (C=O) groups is 3. The van der Waals surface area contributed by atoms with Crippen molar-refractivity contribution in [1.29, 1.82) is 0 Å². The Morgan fingerprint density at radius 1 is 1.11 bits per heavy atom. The van der Waals surface area contributed by atoms with Gasteiger partial charge in [-0.25, -0.2) is 0 Å². The van der Waals surface area contributed by atoms with Gasteiger partial charge in [-0.05, 0) is 54.5 Å². The molecule has 2 aliphatic rings. The van der Waals surface area contributed by atoms with E-state index in [9.17, 15) is 14.4 Å². The average Bonchev–Trinajstić information content (AvgIpc) is 3.26. The first kappa shape index (κ1) is 28.0. The number of benzene rings is 2. The predicted octanol–water partition coefficient (Wildman–Crippen LogP) is 5.25. The molecule has 204 valence electrons. The maximum Gasteiger partial charge on any atom is 0.308 e. The van der Waals surface area contributed by atoms with E-state index in [4.69, 9.17) is 9.47 Å². The number of hydrogen-bond donors (Lipinski definition) is 3. The van der Waals surface area contributed by atoms with Gasteiger partial charge in [-0.15, -0.1) is 0 Å². The zero-order valence-electron chi connectivity index (χ0n) is 22.6. The van der Waals surface area contributed by atoms with Crippen LogP contribution < -0.4 is 16.0 Å². The normalized spacial score (nSPS) is 19.1. The lowest BCUT2D eigenvalue weighted by Gasteiger charge is -2.26. The molecule has 1 fully saturated rings. The molecule has 0 saturated carbocycles. The van der Waals surface area contributed by atoms with Crippen LogP contribution in [0.25, 0.3) is 0 Å². The number of nitrogens with one attached hydrogen (secondary N) is 3. The first-order valence-electron chi connectivity index (χ1n) is 13.1. The molecule has 2 aromatic carbocycles. The third-order valence-corrected chi connectivity index (χ3v) is 7.39. The van der Waals surface area contributed by atoms with Crippen molar-refractivity contribution in [3.63, 3.8) is 0 Å². The zero-order chi connectivity index (χ0) is 27.4. The molecule has 1 saturated heterocycles. The van der Waals surface area contributed by atoms with Gasteiger partial charge < -0.3 is 25.4 Å². The molecule has 2 aliphatic heterocycles. The Bertz CT molecular complexity index is 1190. The number of carbonyl (C=O) groups excluding carboxylic acids is 3. The molecule has 2 aromatic rings. The molecule has 3 atom stereocenters. The van der Waals surface area contributed by atoms with E-state index in [1.165, 1.54) is 0 Å². The highest BCUT2D eigenvalue weighted by molar-refractivity contribution is 7.99. The smallest absolute Gasteiger partial charge is 0.308 e. The molecule has 3 N–H and O–H groups in total. The van der Waals surface area contributed by atoms with Crippen LogP contribution in [0.3, 0.4) is 0 Å². The standard InChI is InChI=1S/C29H37N3O5S/c1-17(2)14-22(27(35)31-20-12-13-36-28(20)37-25(33)16-29(3,4)5)32-26(34)18-10-11-24-21(15-18)30-19-8-6-7-9-23(19)38-24/h6-11,15,17,20,22,28,30H,12-14,16H2,1-5H3,(H,31,35)(H,32,34)/t20-,22-,28?/m0/s1. The Labute approximate surface area is 228 Å². The minimum atomic E-state index is -0.837. The molecule has 38 heavy (non-hydrogen) atoms. The Kier molecular flexibility index (Phi) is 8.67. The van der Waals surface area contributed by atoms with Crippen molar-refractivity contribution in [3.05, 3.63) is 48.0 Å². The summed E-state index contributed by atoms with van der Waals surface area (Å²) in [5.41, 5.74) is 2.11. The molecule has 2 heterocycles. The number of para-hydroxylation sites is 1. The van der Waals surface area contributed by atoms with Crippen molar-refractivity contribution in [3.8, 4) is 0 Å². The highest BCUT2D eigenvalue weighted by Gasteiger charge is 2.35. The summed E-state index contributed by atoms with van der Waals surface area (Å²) in [6.45, 7) is 10.2. The van der Waals surface area contributed by atoms with Crippen LogP contribution in [0.5, 0.6) is 0 Å². The lowest BCUT2D eigenvalue weighted by Crippen LogP contribution is -2.52. The first-order chi connectivity index (χ1) is 18.0. The van der Waals surface area contributed by atoms with Crippen molar-refractivity contribution in [1.82, 2.24) is 10.6 Å². The summed E-state index contributed by atoms with van der Waals surface area (Å²) >= 11 is 1.65. The van der Waals surface area contributed by atoms with Gasteiger partial charge >= 0.3 is 5.97 Å². The minimum Gasteiger partial charge on any atom is -0.433 e. The maximum absolute atomic E-state index is 13.3. The molecule has 0 aliphatic carbocycles. The Morgan fingerprint density at radius 2 is 1.84 bits per heavy atom. The van der Waals surface area contributed by atoms with Crippen LogP contribution in [0.4, 0.5) is 11.4 Å². The monoisotopic (exact) mass is 539 g/mol. The van der Waals surface area contributed by atoms with E-state index in [1.807, 2.05) is 65.0 Å². The molecule has 2 amide bonds. The van der Waals surface area contributed by atoms with Crippen molar-refractivity contribution < 1.29 is 23.9 Å². The lowest BCUT2D eigenvalue weighted by atomic mass is 9.92. The topological polar surface area (TPSA) is 106 Å². The third-order valence-electron chi connectivity index (χ3n) is 6.24. The summed E-state index contributed by atoms with van der Waals surface area (Å²) in [7, 11) is 0. The van der Waals surface area contributed by atoms with E-state index in [2.05, 4.69) is 22.0 Å². The molecular formula is C29H37N3O5S. The number of hydrogen-bond acceptors (Lipinski definition) is 7. The van der Waals surface area contributed by atoms with Crippen LogP contribution in [0.1, 0.15) is 64.2 Å². The fourth-order valence-electron chi connectivity index (χ4n) is 4.43. The van der Waals surface area contributed by atoms with Gasteiger partial charge in [0.25, 0.3) is 5.91 Å².